The van der Waals surface area contributed by atoms with Gasteiger partial charge in [-0.2, -0.15) is 0 Å². The van der Waals surface area contributed by atoms with Crippen LogP contribution < -0.4 is 5.32 Å². The molecule has 3 heteroatoms. The first-order valence-electron chi connectivity index (χ1n) is 7.15. The van der Waals surface area contributed by atoms with Gasteiger partial charge in [0.25, 0.3) is 0 Å². The predicted octanol–water partition coefficient (Wildman–Crippen LogP) is 3.55. The first-order chi connectivity index (χ1) is 8.93. The Morgan fingerprint density at radius 3 is 2.53 bits per heavy atom. The van der Waals surface area contributed by atoms with Crippen LogP contribution in [0.2, 0.25) is 0 Å². The van der Waals surface area contributed by atoms with Gasteiger partial charge in [0.1, 0.15) is 5.82 Å². The summed E-state index contributed by atoms with van der Waals surface area (Å²) in [6.07, 6.45) is 1.08. The summed E-state index contributed by atoms with van der Waals surface area (Å²) in [7, 11) is 2.05. The third kappa shape index (κ3) is 5.29. The van der Waals surface area contributed by atoms with Crippen molar-refractivity contribution in [1.82, 2.24) is 10.2 Å². The Morgan fingerprint density at radius 2 is 1.95 bits per heavy atom. The zero-order valence-corrected chi connectivity index (χ0v) is 12.8. The molecule has 2 nitrogen and oxygen atoms in total. The zero-order valence-electron chi connectivity index (χ0n) is 12.8. The quantitative estimate of drug-likeness (QED) is 0.812. The van der Waals surface area contributed by atoms with Crippen molar-refractivity contribution in [2.75, 3.05) is 7.05 Å². The maximum absolute atomic E-state index is 13.8. The highest BCUT2D eigenvalue weighted by Gasteiger charge is 2.11. The van der Waals surface area contributed by atoms with Gasteiger partial charge in [0.15, 0.2) is 0 Å². The number of benzene rings is 1. The molecule has 0 fully saturated rings. The average molecular weight is 266 g/mol. The largest absolute Gasteiger partial charge is 0.310 e. The van der Waals surface area contributed by atoms with Crippen molar-refractivity contribution < 1.29 is 4.39 Å². The Bertz CT molecular complexity index is 390. The lowest BCUT2D eigenvalue weighted by Crippen LogP contribution is -2.28. The van der Waals surface area contributed by atoms with E-state index >= 15 is 0 Å². The minimum Gasteiger partial charge on any atom is -0.310 e. The van der Waals surface area contributed by atoms with E-state index < -0.39 is 0 Å². The fourth-order valence-electron chi connectivity index (χ4n) is 1.92. The predicted molar refractivity (Wildman–Crippen MR) is 79.6 cm³/mol. The van der Waals surface area contributed by atoms with Gasteiger partial charge in [0.2, 0.25) is 0 Å². The molecule has 1 N–H and O–H groups in total. The molecule has 0 aliphatic rings. The highest BCUT2D eigenvalue weighted by molar-refractivity contribution is 5.25. The van der Waals surface area contributed by atoms with E-state index in [0.29, 0.717) is 18.6 Å². The molecule has 0 amide bonds. The van der Waals surface area contributed by atoms with Gasteiger partial charge in [0, 0.05) is 30.7 Å². The number of rotatable bonds is 7. The Balaban J connectivity index is 2.74. The number of nitrogens with one attached hydrogen (secondary N) is 1. The Morgan fingerprint density at radius 1 is 1.26 bits per heavy atom. The highest BCUT2D eigenvalue weighted by atomic mass is 19.1. The summed E-state index contributed by atoms with van der Waals surface area (Å²) in [4.78, 5) is 2.19. The second-order valence-electron chi connectivity index (χ2n) is 5.63. The molecule has 0 heterocycles. The van der Waals surface area contributed by atoms with Crippen LogP contribution in [-0.2, 0) is 13.1 Å². The molecular weight excluding hydrogens is 239 g/mol. The third-order valence-electron chi connectivity index (χ3n) is 3.59. The fraction of sp³-hybridized carbons (Fsp3) is 0.625. The zero-order chi connectivity index (χ0) is 14.4. The minimum atomic E-state index is -0.108. The lowest BCUT2D eigenvalue weighted by molar-refractivity contribution is 0.240. The maximum Gasteiger partial charge on any atom is 0.127 e. The van der Waals surface area contributed by atoms with Crippen molar-refractivity contribution in [3.63, 3.8) is 0 Å². The van der Waals surface area contributed by atoms with Crippen molar-refractivity contribution in [2.24, 2.45) is 0 Å². The van der Waals surface area contributed by atoms with Crippen LogP contribution >= 0.6 is 0 Å². The maximum atomic E-state index is 13.8. The summed E-state index contributed by atoms with van der Waals surface area (Å²) in [5.41, 5.74) is 1.92. The van der Waals surface area contributed by atoms with Gasteiger partial charge in [0.05, 0.1) is 0 Å². The lowest BCUT2D eigenvalue weighted by Gasteiger charge is -2.24. The van der Waals surface area contributed by atoms with Gasteiger partial charge in [-0.3, -0.25) is 4.90 Å². The summed E-state index contributed by atoms with van der Waals surface area (Å²) in [5.74, 6) is -0.108. The van der Waals surface area contributed by atoms with E-state index in [1.54, 1.807) is 6.07 Å². The number of halogens is 1. The number of hydrogen-bond donors (Lipinski definition) is 1. The van der Waals surface area contributed by atoms with Crippen LogP contribution in [0.4, 0.5) is 4.39 Å². The number of hydrogen-bond acceptors (Lipinski definition) is 2. The van der Waals surface area contributed by atoms with E-state index in [1.807, 2.05) is 19.2 Å². The first kappa shape index (κ1) is 16.1. The molecule has 108 valence electrons. The average Bonchev–Trinajstić information content (AvgIpc) is 2.38. The second kappa shape index (κ2) is 7.61. The molecular formula is C16H27FN2. The van der Waals surface area contributed by atoms with E-state index in [-0.39, 0.29) is 5.82 Å². The molecule has 1 aromatic rings. The molecule has 0 saturated carbocycles. The van der Waals surface area contributed by atoms with E-state index in [2.05, 4.69) is 37.9 Å². The van der Waals surface area contributed by atoms with Crippen LogP contribution in [0.5, 0.6) is 0 Å². The van der Waals surface area contributed by atoms with Crippen molar-refractivity contribution in [3.8, 4) is 0 Å². The summed E-state index contributed by atoms with van der Waals surface area (Å²) in [6.45, 7) is 10.00. The SMILES string of the molecule is CCC(C)N(C)Cc1cc(CNC(C)C)ccc1F. The van der Waals surface area contributed by atoms with Crippen molar-refractivity contribution in [2.45, 2.75) is 59.3 Å². The van der Waals surface area contributed by atoms with Gasteiger partial charge in [-0.05, 0) is 32.0 Å². The molecule has 0 aliphatic carbocycles. The van der Waals surface area contributed by atoms with Crippen LogP contribution in [0.3, 0.4) is 0 Å². The van der Waals surface area contributed by atoms with Crippen LogP contribution in [0.1, 0.15) is 45.2 Å². The molecule has 0 spiro atoms. The van der Waals surface area contributed by atoms with Gasteiger partial charge in [-0.25, -0.2) is 4.39 Å². The summed E-state index contributed by atoms with van der Waals surface area (Å²) >= 11 is 0. The van der Waals surface area contributed by atoms with Gasteiger partial charge >= 0.3 is 0 Å². The molecule has 19 heavy (non-hydrogen) atoms. The smallest absolute Gasteiger partial charge is 0.127 e. The highest BCUT2D eigenvalue weighted by Crippen LogP contribution is 2.15. The molecule has 1 rings (SSSR count). The minimum absolute atomic E-state index is 0.108. The van der Waals surface area contributed by atoms with Crippen LogP contribution in [0, 0.1) is 5.82 Å². The summed E-state index contributed by atoms with van der Waals surface area (Å²) in [5, 5.41) is 3.36. The monoisotopic (exact) mass is 266 g/mol. The molecule has 0 bridgehead atoms. The van der Waals surface area contributed by atoms with Gasteiger partial charge in [-0.1, -0.05) is 32.9 Å². The second-order valence-corrected chi connectivity index (χ2v) is 5.63. The topological polar surface area (TPSA) is 15.3 Å². The Hall–Kier alpha value is -0.930. The number of nitrogens with zero attached hydrogens (tertiary/aromatic N) is 1. The molecule has 0 saturated heterocycles. The van der Waals surface area contributed by atoms with Crippen LogP contribution in [-0.4, -0.2) is 24.0 Å². The van der Waals surface area contributed by atoms with Crippen LogP contribution in [0.15, 0.2) is 18.2 Å². The van der Waals surface area contributed by atoms with Crippen molar-refractivity contribution in [1.29, 1.82) is 0 Å². The first-order valence-corrected chi connectivity index (χ1v) is 7.15. The molecule has 1 unspecified atom stereocenters. The Kier molecular flexibility index (Phi) is 6.46. The standard InChI is InChI=1S/C16H27FN2/c1-6-13(4)19(5)11-15-9-14(7-8-16(15)17)10-18-12(2)3/h7-9,12-13,18H,6,10-11H2,1-5H3. The van der Waals surface area contributed by atoms with E-state index in [9.17, 15) is 4.39 Å². The Labute approximate surface area is 117 Å². The van der Waals surface area contributed by atoms with Gasteiger partial charge in [-0.15, -0.1) is 0 Å². The normalized spacial score (nSPS) is 13.3. The summed E-state index contributed by atoms with van der Waals surface area (Å²) in [6, 6.07) is 6.33. The van der Waals surface area contributed by atoms with Crippen molar-refractivity contribution >= 4 is 0 Å². The molecule has 0 radical (unpaired) electrons. The van der Waals surface area contributed by atoms with E-state index in [4.69, 9.17) is 0 Å². The lowest BCUT2D eigenvalue weighted by atomic mass is 10.1. The third-order valence-corrected chi connectivity index (χ3v) is 3.59. The van der Waals surface area contributed by atoms with Crippen LogP contribution in [0.25, 0.3) is 0 Å². The summed E-state index contributed by atoms with van der Waals surface area (Å²) < 4.78 is 13.8. The van der Waals surface area contributed by atoms with E-state index in [0.717, 1.165) is 24.1 Å². The van der Waals surface area contributed by atoms with E-state index in [1.165, 1.54) is 0 Å². The molecule has 0 aromatic heterocycles. The molecule has 1 aromatic carbocycles. The van der Waals surface area contributed by atoms with Crippen molar-refractivity contribution in [3.05, 3.63) is 35.1 Å². The molecule has 0 aliphatic heterocycles. The molecule has 1 atom stereocenters. The van der Waals surface area contributed by atoms with Gasteiger partial charge < -0.3 is 5.32 Å². The fourth-order valence-corrected chi connectivity index (χ4v) is 1.92.